The minimum atomic E-state index is -0.566. The van der Waals surface area contributed by atoms with Gasteiger partial charge in [-0.3, -0.25) is 10.1 Å². The predicted molar refractivity (Wildman–Crippen MR) is 76.7 cm³/mol. The molecule has 0 unspecified atom stereocenters. The van der Waals surface area contributed by atoms with E-state index in [2.05, 4.69) is 10.3 Å². The van der Waals surface area contributed by atoms with Gasteiger partial charge in [0.1, 0.15) is 5.75 Å². The summed E-state index contributed by atoms with van der Waals surface area (Å²) in [6.45, 7) is 5.66. The topological polar surface area (TPSA) is 51.2 Å². The highest BCUT2D eigenvalue weighted by atomic mass is 32.1. The van der Waals surface area contributed by atoms with Crippen LogP contribution in [0.15, 0.2) is 29.8 Å². The third kappa shape index (κ3) is 3.32. The van der Waals surface area contributed by atoms with E-state index in [0.717, 1.165) is 16.9 Å². The van der Waals surface area contributed by atoms with Gasteiger partial charge in [0.05, 0.1) is 0 Å². The Labute approximate surface area is 116 Å². The van der Waals surface area contributed by atoms with Crippen LogP contribution >= 0.6 is 11.3 Å². The molecule has 1 amide bonds. The number of ether oxygens (including phenoxy) is 1. The highest BCUT2D eigenvalue weighted by Crippen LogP contribution is 2.23. The molecule has 1 aromatic heterocycles. The monoisotopic (exact) mass is 276 g/mol. The van der Waals surface area contributed by atoms with Gasteiger partial charge < -0.3 is 4.74 Å². The lowest BCUT2D eigenvalue weighted by molar-refractivity contribution is -0.122. The summed E-state index contributed by atoms with van der Waals surface area (Å²) in [5.41, 5.74) is 2.04. The summed E-state index contributed by atoms with van der Waals surface area (Å²) in [7, 11) is 0. The number of nitrogens with one attached hydrogen (secondary N) is 1. The zero-order valence-corrected chi connectivity index (χ0v) is 12.0. The summed E-state index contributed by atoms with van der Waals surface area (Å²) in [4.78, 5) is 16.0. The van der Waals surface area contributed by atoms with E-state index in [0.29, 0.717) is 5.13 Å². The number of thiazole rings is 1. The first-order valence-corrected chi connectivity index (χ1v) is 6.89. The average molecular weight is 276 g/mol. The smallest absolute Gasteiger partial charge is 0.266 e. The van der Waals surface area contributed by atoms with Crippen molar-refractivity contribution in [3.8, 4) is 5.75 Å². The van der Waals surface area contributed by atoms with Crippen LogP contribution in [0, 0.1) is 13.8 Å². The molecule has 0 bridgehead atoms. The zero-order chi connectivity index (χ0) is 13.8. The Hall–Kier alpha value is -1.88. The van der Waals surface area contributed by atoms with E-state index in [1.807, 2.05) is 37.4 Å². The second-order valence-corrected chi connectivity index (χ2v) is 5.20. The molecule has 0 aliphatic heterocycles. The minimum Gasteiger partial charge on any atom is -0.480 e. The van der Waals surface area contributed by atoms with Crippen LogP contribution in [-0.2, 0) is 4.79 Å². The summed E-state index contributed by atoms with van der Waals surface area (Å²) in [6, 6.07) is 5.90. The molecule has 2 rings (SSSR count). The Kier molecular flexibility index (Phi) is 4.16. The van der Waals surface area contributed by atoms with Gasteiger partial charge in [-0.05, 0) is 31.9 Å². The lowest BCUT2D eigenvalue weighted by atomic mass is 10.1. The normalized spacial score (nSPS) is 11.9. The van der Waals surface area contributed by atoms with Crippen LogP contribution in [0.5, 0.6) is 5.75 Å². The summed E-state index contributed by atoms with van der Waals surface area (Å²) >= 11 is 1.38. The number of amides is 1. The number of carbonyl (C=O) groups is 1. The largest absolute Gasteiger partial charge is 0.480 e. The number of rotatable bonds is 4. The molecule has 19 heavy (non-hydrogen) atoms. The van der Waals surface area contributed by atoms with Gasteiger partial charge in [0.25, 0.3) is 5.91 Å². The van der Waals surface area contributed by atoms with Crippen molar-refractivity contribution < 1.29 is 9.53 Å². The van der Waals surface area contributed by atoms with Crippen LogP contribution in [0.4, 0.5) is 5.13 Å². The molecule has 1 atom stereocenters. The molecule has 1 aromatic carbocycles. The number of benzene rings is 1. The first kappa shape index (κ1) is 13.5. The van der Waals surface area contributed by atoms with Gasteiger partial charge in [-0.15, -0.1) is 11.3 Å². The average Bonchev–Trinajstić information content (AvgIpc) is 2.86. The molecule has 0 saturated carbocycles. The van der Waals surface area contributed by atoms with E-state index in [4.69, 9.17) is 4.74 Å². The molecule has 0 spiro atoms. The summed E-state index contributed by atoms with van der Waals surface area (Å²) < 4.78 is 5.75. The van der Waals surface area contributed by atoms with Crippen molar-refractivity contribution in [3.05, 3.63) is 40.9 Å². The number of nitrogens with zero attached hydrogens (tertiary/aromatic N) is 1. The van der Waals surface area contributed by atoms with Crippen LogP contribution < -0.4 is 10.1 Å². The van der Waals surface area contributed by atoms with Crippen molar-refractivity contribution in [3.63, 3.8) is 0 Å². The van der Waals surface area contributed by atoms with E-state index < -0.39 is 6.10 Å². The molecule has 0 aliphatic rings. The first-order chi connectivity index (χ1) is 9.08. The van der Waals surface area contributed by atoms with Gasteiger partial charge in [0.2, 0.25) is 0 Å². The fraction of sp³-hybridized carbons (Fsp3) is 0.286. The molecular weight excluding hydrogens is 260 g/mol. The van der Waals surface area contributed by atoms with E-state index in [9.17, 15) is 4.79 Å². The Bertz CT molecular complexity index is 547. The lowest BCUT2D eigenvalue weighted by Gasteiger charge is -2.17. The number of aromatic nitrogens is 1. The first-order valence-electron chi connectivity index (χ1n) is 6.01. The summed E-state index contributed by atoms with van der Waals surface area (Å²) in [5, 5.41) is 5.12. The highest BCUT2D eigenvalue weighted by Gasteiger charge is 2.17. The van der Waals surface area contributed by atoms with Gasteiger partial charge in [-0.25, -0.2) is 4.98 Å². The van der Waals surface area contributed by atoms with Gasteiger partial charge in [0.15, 0.2) is 11.2 Å². The Morgan fingerprint density at radius 1 is 1.37 bits per heavy atom. The zero-order valence-electron chi connectivity index (χ0n) is 11.1. The second-order valence-electron chi connectivity index (χ2n) is 4.31. The molecule has 4 nitrogen and oxygen atoms in total. The quantitative estimate of drug-likeness (QED) is 0.933. The summed E-state index contributed by atoms with van der Waals surface area (Å²) in [6.07, 6.45) is 1.08. The van der Waals surface area contributed by atoms with Crippen molar-refractivity contribution in [2.75, 3.05) is 5.32 Å². The molecule has 100 valence electrons. The standard InChI is InChI=1S/C14H16N2O2S/c1-9-5-4-6-10(2)12(9)18-11(3)13(17)16-14-15-7-8-19-14/h4-8,11H,1-3H3,(H,15,16,17)/t11-/m1/s1. The molecule has 5 heteroatoms. The molecular formula is C14H16N2O2S. The number of hydrogen-bond donors (Lipinski definition) is 1. The number of para-hydroxylation sites is 1. The van der Waals surface area contributed by atoms with Crippen molar-refractivity contribution in [1.82, 2.24) is 4.98 Å². The molecule has 0 aliphatic carbocycles. The molecule has 2 aromatic rings. The van der Waals surface area contributed by atoms with E-state index >= 15 is 0 Å². The van der Waals surface area contributed by atoms with Crippen LogP contribution in [0.3, 0.4) is 0 Å². The van der Waals surface area contributed by atoms with Crippen LogP contribution in [-0.4, -0.2) is 17.0 Å². The Morgan fingerprint density at radius 2 is 2.05 bits per heavy atom. The SMILES string of the molecule is Cc1cccc(C)c1O[C@H](C)C(=O)Nc1nccs1. The van der Waals surface area contributed by atoms with Crippen molar-refractivity contribution >= 4 is 22.4 Å². The van der Waals surface area contributed by atoms with Gasteiger partial charge in [0, 0.05) is 11.6 Å². The highest BCUT2D eigenvalue weighted by molar-refractivity contribution is 7.13. The maximum atomic E-state index is 12.0. The van der Waals surface area contributed by atoms with Crippen molar-refractivity contribution in [2.45, 2.75) is 26.9 Å². The molecule has 0 saturated heterocycles. The predicted octanol–water partition coefficient (Wildman–Crippen LogP) is 3.17. The van der Waals surface area contributed by atoms with Crippen molar-refractivity contribution in [2.24, 2.45) is 0 Å². The van der Waals surface area contributed by atoms with Crippen LogP contribution in [0.2, 0.25) is 0 Å². The lowest BCUT2D eigenvalue weighted by Crippen LogP contribution is -2.30. The number of hydrogen-bond acceptors (Lipinski definition) is 4. The molecule has 0 fully saturated rings. The second kappa shape index (κ2) is 5.84. The third-order valence-electron chi connectivity index (χ3n) is 2.74. The maximum Gasteiger partial charge on any atom is 0.266 e. The molecule has 0 radical (unpaired) electrons. The number of aryl methyl sites for hydroxylation is 2. The third-order valence-corrected chi connectivity index (χ3v) is 3.42. The fourth-order valence-electron chi connectivity index (χ4n) is 1.71. The summed E-state index contributed by atoms with van der Waals surface area (Å²) in [5.74, 6) is 0.571. The van der Waals surface area contributed by atoms with E-state index in [1.165, 1.54) is 11.3 Å². The van der Waals surface area contributed by atoms with Gasteiger partial charge in [-0.2, -0.15) is 0 Å². The van der Waals surface area contributed by atoms with E-state index in [-0.39, 0.29) is 5.91 Å². The maximum absolute atomic E-state index is 12.0. The van der Waals surface area contributed by atoms with Gasteiger partial charge in [-0.1, -0.05) is 18.2 Å². The number of anilines is 1. The minimum absolute atomic E-state index is 0.197. The molecule has 1 heterocycles. The Balaban J connectivity index is 2.04. The fourth-order valence-corrected chi connectivity index (χ4v) is 2.24. The Morgan fingerprint density at radius 3 is 2.63 bits per heavy atom. The van der Waals surface area contributed by atoms with Crippen LogP contribution in [0.1, 0.15) is 18.1 Å². The van der Waals surface area contributed by atoms with E-state index in [1.54, 1.807) is 13.1 Å². The van der Waals surface area contributed by atoms with Crippen LogP contribution in [0.25, 0.3) is 0 Å². The molecule has 1 N–H and O–H groups in total. The van der Waals surface area contributed by atoms with Crippen molar-refractivity contribution in [1.29, 1.82) is 0 Å². The van der Waals surface area contributed by atoms with Gasteiger partial charge >= 0.3 is 0 Å². The number of carbonyl (C=O) groups excluding carboxylic acids is 1.